The molecule has 0 spiro atoms. The van der Waals surface area contributed by atoms with Crippen molar-refractivity contribution >= 4 is 11.8 Å². The van der Waals surface area contributed by atoms with Crippen LogP contribution in [0.2, 0.25) is 0 Å². The molecule has 14 heavy (non-hydrogen) atoms. The van der Waals surface area contributed by atoms with Gasteiger partial charge in [-0.3, -0.25) is 4.90 Å². The van der Waals surface area contributed by atoms with Gasteiger partial charge < -0.3 is 4.90 Å². The smallest absolute Gasteiger partial charge is 0.0194 e. The van der Waals surface area contributed by atoms with E-state index in [1.807, 2.05) is 0 Å². The number of piperidine rings is 1. The monoisotopic (exact) mass is 214 g/mol. The molecule has 0 aromatic carbocycles. The summed E-state index contributed by atoms with van der Waals surface area (Å²) in [5, 5.41) is 0. The summed E-state index contributed by atoms with van der Waals surface area (Å²) >= 11 is 2.12. The molecule has 3 heteroatoms. The highest BCUT2D eigenvalue weighted by Crippen LogP contribution is 2.25. The SMILES string of the molecule is CN1CCC(N(C)[C@@H]2CCSC2)CC1. The Morgan fingerprint density at radius 3 is 2.43 bits per heavy atom. The van der Waals surface area contributed by atoms with Crippen LogP contribution in [0.15, 0.2) is 0 Å². The molecule has 82 valence electrons. The highest BCUT2D eigenvalue weighted by Gasteiger charge is 2.27. The van der Waals surface area contributed by atoms with Gasteiger partial charge in [-0.05, 0) is 52.2 Å². The quantitative estimate of drug-likeness (QED) is 0.688. The average molecular weight is 214 g/mol. The van der Waals surface area contributed by atoms with Crippen molar-refractivity contribution in [3.05, 3.63) is 0 Å². The van der Waals surface area contributed by atoms with Gasteiger partial charge in [0, 0.05) is 17.8 Å². The summed E-state index contributed by atoms with van der Waals surface area (Å²) in [6.45, 7) is 2.57. The molecular weight excluding hydrogens is 192 g/mol. The van der Waals surface area contributed by atoms with E-state index in [4.69, 9.17) is 0 Å². The van der Waals surface area contributed by atoms with Crippen LogP contribution < -0.4 is 0 Å². The van der Waals surface area contributed by atoms with E-state index in [9.17, 15) is 0 Å². The maximum absolute atomic E-state index is 2.66. The molecule has 2 saturated heterocycles. The molecule has 0 aromatic heterocycles. The van der Waals surface area contributed by atoms with Gasteiger partial charge in [0.15, 0.2) is 0 Å². The van der Waals surface area contributed by atoms with E-state index in [-0.39, 0.29) is 0 Å². The summed E-state index contributed by atoms with van der Waals surface area (Å²) in [6, 6.07) is 1.73. The molecule has 2 aliphatic heterocycles. The van der Waals surface area contributed by atoms with E-state index in [2.05, 4.69) is 35.7 Å². The highest BCUT2D eigenvalue weighted by molar-refractivity contribution is 7.99. The summed E-state index contributed by atoms with van der Waals surface area (Å²) in [6.07, 6.45) is 4.15. The molecule has 2 rings (SSSR count). The second kappa shape index (κ2) is 4.86. The van der Waals surface area contributed by atoms with Crippen molar-refractivity contribution < 1.29 is 0 Å². The zero-order valence-corrected chi connectivity index (χ0v) is 10.2. The van der Waals surface area contributed by atoms with Crippen LogP contribution in [-0.4, -0.2) is 60.6 Å². The van der Waals surface area contributed by atoms with Crippen molar-refractivity contribution in [3.63, 3.8) is 0 Å². The van der Waals surface area contributed by atoms with Crippen molar-refractivity contribution in [2.24, 2.45) is 0 Å². The highest BCUT2D eigenvalue weighted by atomic mass is 32.2. The lowest BCUT2D eigenvalue weighted by Crippen LogP contribution is -2.46. The van der Waals surface area contributed by atoms with Gasteiger partial charge in [-0.1, -0.05) is 0 Å². The third kappa shape index (κ3) is 2.44. The fourth-order valence-corrected chi connectivity index (χ4v) is 3.82. The Morgan fingerprint density at radius 2 is 1.86 bits per heavy atom. The number of nitrogens with zero attached hydrogens (tertiary/aromatic N) is 2. The Kier molecular flexibility index (Phi) is 3.74. The predicted octanol–water partition coefficient (Wildman–Crippen LogP) is 1.52. The van der Waals surface area contributed by atoms with Gasteiger partial charge in [0.2, 0.25) is 0 Å². The normalized spacial score (nSPS) is 31.5. The molecule has 0 saturated carbocycles. The lowest BCUT2D eigenvalue weighted by Gasteiger charge is -2.38. The minimum Gasteiger partial charge on any atom is -0.306 e. The van der Waals surface area contributed by atoms with Crippen molar-refractivity contribution in [1.82, 2.24) is 9.80 Å². The zero-order chi connectivity index (χ0) is 9.97. The molecule has 0 N–H and O–H groups in total. The summed E-state index contributed by atoms with van der Waals surface area (Å²) in [5.41, 5.74) is 0. The molecule has 0 unspecified atom stereocenters. The van der Waals surface area contributed by atoms with Gasteiger partial charge in [-0.2, -0.15) is 11.8 Å². The second-order valence-electron chi connectivity index (χ2n) is 4.72. The van der Waals surface area contributed by atoms with Gasteiger partial charge >= 0.3 is 0 Å². The number of hydrogen-bond acceptors (Lipinski definition) is 3. The first kappa shape index (κ1) is 10.8. The summed E-state index contributed by atoms with van der Waals surface area (Å²) < 4.78 is 0. The van der Waals surface area contributed by atoms with E-state index < -0.39 is 0 Å². The van der Waals surface area contributed by atoms with E-state index in [0.717, 1.165) is 12.1 Å². The summed E-state index contributed by atoms with van der Waals surface area (Å²) in [4.78, 5) is 5.11. The Labute approximate surface area is 92.0 Å². The van der Waals surface area contributed by atoms with Crippen molar-refractivity contribution in [1.29, 1.82) is 0 Å². The first-order chi connectivity index (χ1) is 6.77. The first-order valence-electron chi connectivity index (χ1n) is 5.75. The van der Waals surface area contributed by atoms with Crippen molar-refractivity contribution in [3.8, 4) is 0 Å². The molecule has 0 aromatic rings. The zero-order valence-electron chi connectivity index (χ0n) is 9.41. The predicted molar refractivity (Wildman–Crippen MR) is 64.0 cm³/mol. The van der Waals surface area contributed by atoms with Crippen LogP contribution in [0.4, 0.5) is 0 Å². The number of thioether (sulfide) groups is 1. The lowest BCUT2D eigenvalue weighted by atomic mass is 10.0. The van der Waals surface area contributed by atoms with Crippen LogP contribution in [0.1, 0.15) is 19.3 Å². The van der Waals surface area contributed by atoms with Crippen LogP contribution in [0, 0.1) is 0 Å². The molecular formula is C11H22N2S. The van der Waals surface area contributed by atoms with E-state index >= 15 is 0 Å². The third-order valence-corrected chi connectivity index (χ3v) is 4.89. The topological polar surface area (TPSA) is 6.48 Å². The van der Waals surface area contributed by atoms with Gasteiger partial charge in [-0.25, -0.2) is 0 Å². The molecule has 2 fully saturated rings. The van der Waals surface area contributed by atoms with Gasteiger partial charge in [0.05, 0.1) is 0 Å². The standard InChI is InChI=1S/C11H22N2S/c1-12-6-3-10(4-7-12)13(2)11-5-8-14-9-11/h10-11H,3-9H2,1-2H3/t11-/m1/s1. The van der Waals surface area contributed by atoms with Gasteiger partial charge in [0.1, 0.15) is 0 Å². The average Bonchev–Trinajstić information content (AvgIpc) is 2.71. The Hall–Kier alpha value is 0.270. The summed E-state index contributed by atoms with van der Waals surface area (Å²) in [5.74, 6) is 2.74. The second-order valence-corrected chi connectivity index (χ2v) is 5.87. The minimum atomic E-state index is 0.856. The molecule has 2 nitrogen and oxygen atoms in total. The fourth-order valence-electron chi connectivity index (χ4n) is 2.54. The molecule has 2 heterocycles. The minimum absolute atomic E-state index is 0.856. The number of likely N-dealkylation sites (tertiary alicyclic amines) is 1. The van der Waals surface area contributed by atoms with Crippen molar-refractivity contribution in [2.45, 2.75) is 31.3 Å². The van der Waals surface area contributed by atoms with Crippen LogP contribution in [0.3, 0.4) is 0 Å². The van der Waals surface area contributed by atoms with E-state index in [1.54, 1.807) is 0 Å². The lowest BCUT2D eigenvalue weighted by molar-refractivity contribution is 0.116. The van der Waals surface area contributed by atoms with E-state index in [1.165, 1.54) is 43.9 Å². The van der Waals surface area contributed by atoms with Crippen LogP contribution in [0.5, 0.6) is 0 Å². The molecule has 0 aliphatic carbocycles. The Morgan fingerprint density at radius 1 is 1.14 bits per heavy atom. The summed E-state index contributed by atoms with van der Waals surface area (Å²) in [7, 11) is 4.58. The largest absolute Gasteiger partial charge is 0.306 e. The number of rotatable bonds is 2. The van der Waals surface area contributed by atoms with E-state index in [0.29, 0.717) is 0 Å². The maximum Gasteiger partial charge on any atom is 0.0194 e. The molecule has 0 amide bonds. The third-order valence-electron chi connectivity index (χ3n) is 3.75. The van der Waals surface area contributed by atoms with Crippen LogP contribution in [-0.2, 0) is 0 Å². The molecule has 0 radical (unpaired) electrons. The maximum atomic E-state index is 2.66. The Balaban J connectivity index is 1.82. The molecule has 2 aliphatic rings. The number of hydrogen-bond donors (Lipinski definition) is 0. The van der Waals surface area contributed by atoms with Crippen LogP contribution in [0.25, 0.3) is 0 Å². The van der Waals surface area contributed by atoms with Gasteiger partial charge in [0.25, 0.3) is 0 Å². The van der Waals surface area contributed by atoms with Crippen molar-refractivity contribution in [2.75, 3.05) is 38.7 Å². The molecule has 0 bridgehead atoms. The first-order valence-corrected chi connectivity index (χ1v) is 6.91. The van der Waals surface area contributed by atoms with Gasteiger partial charge in [-0.15, -0.1) is 0 Å². The fraction of sp³-hybridized carbons (Fsp3) is 1.00. The van der Waals surface area contributed by atoms with Crippen LogP contribution >= 0.6 is 11.8 Å². The Bertz CT molecular complexity index is 172. The molecule has 1 atom stereocenters.